The van der Waals surface area contributed by atoms with Crippen LogP contribution in [0, 0.1) is 0 Å². The van der Waals surface area contributed by atoms with Gasteiger partial charge in [0.05, 0.1) is 7.85 Å². The minimum absolute atomic E-state index is 0.207. The van der Waals surface area contributed by atoms with E-state index in [1.54, 1.807) is 12.1 Å². The number of benzene rings is 1. The molecule has 0 saturated carbocycles. The topological polar surface area (TPSA) is 51.2 Å². The van der Waals surface area contributed by atoms with Crippen molar-refractivity contribution in [1.82, 2.24) is 0 Å². The summed E-state index contributed by atoms with van der Waals surface area (Å²) in [7, 11) is 6.49. The van der Waals surface area contributed by atoms with Crippen molar-refractivity contribution in [3.8, 4) is 0 Å². The standard InChI is InChI=1S/C18H23BO3/c1-6-8-18(19,7-2)14-9-15(11(3)20)17(13(5)22)16(10-14)12(4)21/h9-10H,6-8H2,1-5H3. The van der Waals surface area contributed by atoms with Gasteiger partial charge in [-0.25, -0.2) is 0 Å². The number of hydrogen-bond donors (Lipinski definition) is 0. The van der Waals surface area contributed by atoms with Crippen LogP contribution in [0.3, 0.4) is 0 Å². The van der Waals surface area contributed by atoms with E-state index in [-0.39, 0.29) is 34.0 Å². The van der Waals surface area contributed by atoms with Gasteiger partial charge in [-0.05, 0) is 43.8 Å². The largest absolute Gasteiger partial charge is 0.294 e. The average Bonchev–Trinajstić information content (AvgIpc) is 2.45. The van der Waals surface area contributed by atoms with Crippen molar-refractivity contribution in [2.24, 2.45) is 0 Å². The maximum Gasteiger partial charge on any atom is 0.161 e. The molecule has 0 aliphatic carbocycles. The molecule has 1 aromatic carbocycles. The van der Waals surface area contributed by atoms with E-state index in [1.165, 1.54) is 20.8 Å². The van der Waals surface area contributed by atoms with Crippen LogP contribution in [0.1, 0.15) is 90.5 Å². The molecule has 1 atom stereocenters. The highest BCUT2D eigenvalue weighted by atomic mass is 16.1. The Kier molecular flexibility index (Phi) is 5.87. The molecule has 4 heteroatoms. The van der Waals surface area contributed by atoms with Gasteiger partial charge in [0.15, 0.2) is 17.3 Å². The third-order valence-corrected chi connectivity index (χ3v) is 4.15. The summed E-state index contributed by atoms with van der Waals surface area (Å²) >= 11 is 0. The Morgan fingerprint density at radius 3 is 1.68 bits per heavy atom. The SMILES string of the molecule is [B]C(CC)(CCC)c1cc(C(C)=O)c(C(C)=O)c(C(C)=O)c1. The zero-order valence-electron chi connectivity index (χ0n) is 14.1. The predicted octanol–water partition coefficient (Wildman–Crippen LogP) is 3.87. The van der Waals surface area contributed by atoms with Gasteiger partial charge < -0.3 is 0 Å². The van der Waals surface area contributed by atoms with Gasteiger partial charge in [-0.1, -0.05) is 33.1 Å². The van der Waals surface area contributed by atoms with Gasteiger partial charge in [-0.3, -0.25) is 14.4 Å². The second kappa shape index (κ2) is 7.04. The van der Waals surface area contributed by atoms with E-state index in [0.717, 1.165) is 18.4 Å². The van der Waals surface area contributed by atoms with E-state index in [1.807, 2.05) is 13.8 Å². The molecule has 0 heterocycles. The number of carbonyl (C=O) groups is 3. The van der Waals surface area contributed by atoms with Crippen molar-refractivity contribution in [3.63, 3.8) is 0 Å². The molecule has 3 nitrogen and oxygen atoms in total. The van der Waals surface area contributed by atoms with Crippen LogP contribution in [0.15, 0.2) is 12.1 Å². The summed E-state index contributed by atoms with van der Waals surface area (Å²) in [5, 5.41) is -0.599. The van der Waals surface area contributed by atoms with Crippen LogP contribution in [-0.4, -0.2) is 25.2 Å². The van der Waals surface area contributed by atoms with Crippen molar-refractivity contribution >= 4 is 25.2 Å². The molecule has 0 aromatic heterocycles. The van der Waals surface area contributed by atoms with Crippen LogP contribution in [-0.2, 0) is 5.31 Å². The summed E-state index contributed by atoms with van der Waals surface area (Å²) in [6.45, 7) is 8.20. The molecule has 1 rings (SSSR count). The van der Waals surface area contributed by atoms with Crippen molar-refractivity contribution in [2.75, 3.05) is 0 Å². The summed E-state index contributed by atoms with van der Waals surface area (Å²) in [5.74, 6) is -0.745. The number of ketones is 3. The number of Topliss-reactive ketones (excluding diaryl/α,β-unsaturated/α-hetero) is 3. The van der Waals surface area contributed by atoms with Gasteiger partial charge in [-0.2, -0.15) is 0 Å². The van der Waals surface area contributed by atoms with Crippen molar-refractivity contribution in [1.29, 1.82) is 0 Å². The first-order valence-electron chi connectivity index (χ1n) is 7.68. The summed E-state index contributed by atoms with van der Waals surface area (Å²) in [6, 6.07) is 3.37. The predicted molar refractivity (Wildman–Crippen MR) is 89.1 cm³/mol. The Balaban J connectivity index is 3.74. The number of rotatable bonds is 7. The molecule has 0 bridgehead atoms. The Morgan fingerprint density at radius 1 is 0.955 bits per heavy atom. The minimum atomic E-state index is -0.599. The van der Waals surface area contributed by atoms with Gasteiger partial charge in [0, 0.05) is 16.7 Å². The first-order valence-corrected chi connectivity index (χ1v) is 7.68. The Labute approximate surface area is 133 Å². The van der Waals surface area contributed by atoms with E-state index >= 15 is 0 Å². The Morgan fingerprint density at radius 2 is 1.41 bits per heavy atom. The molecule has 0 saturated heterocycles. The quantitative estimate of drug-likeness (QED) is 0.567. The Hall–Kier alpha value is -1.71. The molecule has 116 valence electrons. The molecule has 0 spiro atoms. The summed E-state index contributed by atoms with van der Waals surface area (Å²) in [5.41, 5.74) is 1.53. The van der Waals surface area contributed by atoms with Gasteiger partial charge in [0.2, 0.25) is 0 Å². The summed E-state index contributed by atoms with van der Waals surface area (Å²) in [6.07, 6.45) is 2.33. The lowest BCUT2D eigenvalue weighted by molar-refractivity contribution is 0.0967. The van der Waals surface area contributed by atoms with Crippen molar-refractivity contribution < 1.29 is 14.4 Å². The van der Waals surface area contributed by atoms with Crippen molar-refractivity contribution in [2.45, 2.75) is 59.2 Å². The van der Waals surface area contributed by atoms with E-state index < -0.39 is 5.31 Å². The first kappa shape index (κ1) is 18.3. The lowest BCUT2D eigenvalue weighted by Crippen LogP contribution is -2.27. The van der Waals surface area contributed by atoms with Gasteiger partial charge in [-0.15, -0.1) is 0 Å². The van der Waals surface area contributed by atoms with E-state index in [2.05, 4.69) is 0 Å². The number of hydrogen-bond acceptors (Lipinski definition) is 3. The lowest BCUT2D eigenvalue weighted by Gasteiger charge is -2.30. The fraction of sp³-hybridized carbons (Fsp3) is 0.500. The molecule has 0 aliphatic rings. The van der Waals surface area contributed by atoms with Crippen LogP contribution in [0.25, 0.3) is 0 Å². The molecular formula is C18H23BO3. The van der Waals surface area contributed by atoms with Crippen LogP contribution in [0.5, 0.6) is 0 Å². The molecule has 0 amide bonds. The summed E-state index contributed by atoms with van der Waals surface area (Å²) < 4.78 is 0. The monoisotopic (exact) mass is 298 g/mol. The molecule has 0 aliphatic heterocycles. The van der Waals surface area contributed by atoms with Crippen LogP contribution in [0.4, 0.5) is 0 Å². The first-order chi connectivity index (χ1) is 10.2. The highest BCUT2D eigenvalue weighted by molar-refractivity contribution is 6.18. The zero-order valence-corrected chi connectivity index (χ0v) is 14.1. The van der Waals surface area contributed by atoms with Crippen LogP contribution < -0.4 is 0 Å². The molecular weight excluding hydrogens is 275 g/mol. The van der Waals surface area contributed by atoms with E-state index in [4.69, 9.17) is 7.85 Å². The average molecular weight is 298 g/mol. The second-order valence-electron chi connectivity index (χ2n) is 5.87. The van der Waals surface area contributed by atoms with Gasteiger partial charge in [0.1, 0.15) is 0 Å². The summed E-state index contributed by atoms with van der Waals surface area (Å²) in [4.78, 5) is 35.8. The fourth-order valence-electron chi connectivity index (χ4n) is 2.84. The zero-order chi connectivity index (χ0) is 17.1. The molecule has 22 heavy (non-hydrogen) atoms. The Bertz CT molecular complexity index is 584. The normalized spacial score (nSPS) is 13.5. The minimum Gasteiger partial charge on any atom is -0.294 e. The molecule has 1 aromatic rings. The third kappa shape index (κ3) is 3.54. The molecule has 2 radical (unpaired) electrons. The van der Waals surface area contributed by atoms with Gasteiger partial charge in [0.25, 0.3) is 0 Å². The fourth-order valence-corrected chi connectivity index (χ4v) is 2.84. The van der Waals surface area contributed by atoms with E-state index in [0.29, 0.717) is 6.42 Å². The molecule has 0 fully saturated rings. The van der Waals surface area contributed by atoms with Crippen LogP contribution in [0.2, 0.25) is 0 Å². The molecule has 0 N–H and O–H groups in total. The second-order valence-corrected chi connectivity index (χ2v) is 5.87. The third-order valence-electron chi connectivity index (χ3n) is 4.15. The number of carbonyl (C=O) groups excluding carboxylic acids is 3. The lowest BCUT2D eigenvalue weighted by atomic mass is 9.59. The molecule has 1 unspecified atom stereocenters. The van der Waals surface area contributed by atoms with Crippen LogP contribution >= 0.6 is 0 Å². The highest BCUT2D eigenvalue weighted by Crippen LogP contribution is 2.33. The maximum absolute atomic E-state index is 12.0. The highest BCUT2D eigenvalue weighted by Gasteiger charge is 2.28. The van der Waals surface area contributed by atoms with E-state index in [9.17, 15) is 14.4 Å². The van der Waals surface area contributed by atoms with Gasteiger partial charge >= 0.3 is 0 Å². The maximum atomic E-state index is 12.0. The smallest absolute Gasteiger partial charge is 0.161 e. The van der Waals surface area contributed by atoms with Crippen molar-refractivity contribution in [3.05, 3.63) is 34.4 Å².